The van der Waals surface area contributed by atoms with Gasteiger partial charge in [0.15, 0.2) is 0 Å². The molecule has 194 valence electrons. The van der Waals surface area contributed by atoms with E-state index in [1.807, 2.05) is 24.3 Å². The Morgan fingerprint density at radius 3 is 2.14 bits per heavy atom. The van der Waals surface area contributed by atoms with Crippen molar-refractivity contribution in [2.45, 2.75) is 24.6 Å². The summed E-state index contributed by atoms with van der Waals surface area (Å²) in [5.74, 6) is -2.35. The third kappa shape index (κ3) is 6.28. The molecule has 4 rings (SSSR count). The molecule has 3 amide bonds. The molecule has 3 aromatic rings. The number of likely N-dealkylation sites (tertiary alicyclic amines) is 1. The normalized spacial score (nSPS) is 15.2. The van der Waals surface area contributed by atoms with E-state index in [0.29, 0.717) is 43.8 Å². The number of carbonyl (C=O) groups excluding carboxylic acids is 2. The van der Waals surface area contributed by atoms with Crippen molar-refractivity contribution in [2.75, 3.05) is 23.7 Å². The largest absolute Gasteiger partial charge is 0.419 e. The van der Waals surface area contributed by atoms with Crippen molar-refractivity contribution in [2.24, 2.45) is 0 Å². The number of hydrogen-bond acceptors (Lipinski definition) is 3. The molecule has 1 aliphatic rings. The number of hydrogen-bond donors (Lipinski definition) is 3. The molecule has 0 unspecified atom stereocenters. The Balaban J connectivity index is 1.36. The molecule has 0 aromatic heterocycles. The molecular formula is C26H22BrF4N3O3. The van der Waals surface area contributed by atoms with Crippen LogP contribution in [0.5, 0.6) is 0 Å². The van der Waals surface area contributed by atoms with Crippen molar-refractivity contribution < 1.29 is 32.3 Å². The Hall–Kier alpha value is -3.44. The van der Waals surface area contributed by atoms with Gasteiger partial charge in [0.1, 0.15) is 5.82 Å². The lowest BCUT2D eigenvalue weighted by Crippen LogP contribution is -2.46. The van der Waals surface area contributed by atoms with Gasteiger partial charge >= 0.3 is 12.2 Å². The van der Waals surface area contributed by atoms with E-state index < -0.39 is 29.1 Å². The van der Waals surface area contributed by atoms with Crippen LogP contribution in [0.25, 0.3) is 0 Å². The van der Waals surface area contributed by atoms with Gasteiger partial charge in [-0.1, -0.05) is 34.1 Å². The fourth-order valence-electron chi connectivity index (χ4n) is 4.10. The molecule has 3 aromatic carbocycles. The van der Waals surface area contributed by atoms with Crippen molar-refractivity contribution in [3.8, 4) is 0 Å². The lowest BCUT2D eigenvalue weighted by atomic mass is 9.84. The van der Waals surface area contributed by atoms with Crippen molar-refractivity contribution in [3.05, 3.63) is 93.7 Å². The standard InChI is InChI=1S/C26H22BrF4N3O3/c27-18-7-5-17(6-8-18)25(37)10-12-34(13-11-25)24(36)33-20-3-1-2-19(15-20)32-23(35)16-4-9-21(22(28)14-16)26(29,30)31/h1-9,14-15,37H,10-13H2,(H,32,35)(H,33,36). The van der Waals surface area contributed by atoms with Gasteiger partial charge in [-0.15, -0.1) is 0 Å². The van der Waals surface area contributed by atoms with Gasteiger partial charge in [-0.2, -0.15) is 13.2 Å². The van der Waals surface area contributed by atoms with Crippen LogP contribution in [-0.2, 0) is 11.8 Å². The third-order valence-corrected chi connectivity index (χ3v) is 6.70. The zero-order chi connectivity index (χ0) is 26.8. The van der Waals surface area contributed by atoms with Crippen LogP contribution < -0.4 is 10.6 Å². The predicted octanol–water partition coefficient (Wildman–Crippen LogP) is 6.37. The van der Waals surface area contributed by atoms with Crippen LogP contribution in [0.2, 0.25) is 0 Å². The zero-order valence-electron chi connectivity index (χ0n) is 19.3. The van der Waals surface area contributed by atoms with Gasteiger partial charge in [0.25, 0.3) is 5.91 Å². The predicted molar refractivity (Wildman–Crippen MR) is 134 cm³/mol. The van der Waals surface area contributed by atoms with Crippen LogP contribution in [0.3, 0.4) is 0 Å². The SMILES string of the molecule is O=C(Nc1cccc(NC(=O)N2CCC(O)(c3ccc(Br)cc3)CC2)c1)c1ccc(C(F)(F)F)c(F)c1. The number of amides is 3. The quantitative estimate of drug-likeness (QED) is 0.314. The summed E-state index contributed by atoms with van der Waals surface area (Å²) < 4.78 is 53.0. The van der Waals surface area contributed by atoms with Crippen molar-refractivity contribution in [3.63, 3.8) is 0 Å². The van der Waals surface area contributed by atoms with Gasteiger partial charge in [0, 0.05) is 34.5 Å². The molecule has 0 spiro atoms. The topological polar surface area (TPSA) is 81.7 Å². The maximum absolute atomic E-state index is 13.8. The van der Waals surface area contributed by atoms with E-state index in [1.165, 1.54) is 12.1 Å². The second-order valence-corrected chi connectivity index (χ2v) is 9.60. The first-order chi connectivity index (χ1) is 17.4. The number of alkyl halides is 3. The summed E-state index contributed by atoms with van der Waals surface area (Å²) in [6.45, 7) is 0.655. The third-order valence-electron chi connectivity index (χ3n) is 6.17. The molecule has 0 radical (unpaired) electrons. The fourth-order valence-corrected chi connectivity index (χ4v) is 4.36. The molecule has 0 bridgehead atoms. The van der Waals surface area contributed by atoms with Gasteiger partial charge in [0.2, 0.25) is 0 Å². The van der Waals surface area contributed by atoms with Gasteiger partial charge < -0.3 is 20.6 Å². The molecule has 3 N–H and O–H groups in total. The summed E-state index contributed by atoms with van der Waals surface area (Å²) in [4.78, 5) is 26.8. The first-order valence-corrected chi connectivity index (χ1v) is 12.1. The second kappa shape index (κ2) is 10.5. The number of rotatable bonds is 4. The number of nitrogens with zero attached hydrogens (tertiary/aromatic N) is 1. The number of nitrogens with one attached hydrogen (secondary N) is 2. The first kappa shape index (κ1) is 26.6. The smallest absolute Gasteiger partial charge is 0.385 e. The maximum atomic E-state index is 13.8. The first-order valence-electron chi connectivity index (χ1n) is 11.3. The van der Waals surface area contributed by atoms with Crippen molar-refractivity contribution >= 4 is 39.2 Å². The summed E-state index contributed by atoms with van der Waals surface area (Å²) in [5.41, 5.74) is -1.36. The van der Waals surface area contributed by atoms with Crippen LogP contribution in [0.1, 0.15) is 34.3 Å². The number of carbonyl (C=O) groups is 2. The summed E-state index contributed by atoms with van der Waals surface area (Å²) >= 11 is 3.37. The van der Waals surface area contributed by atoms with Crippen molar-refractivity contribution in [1.82, 2.24) is 4.90 Å². The number of piperidine rings is 1. The fraction of sp³-hybridized carbons (Fsp3) is 0.231. The van der Waals surface area contributed by atoms with Crippen LogP contribution >= 0.6 is 15.9 Å². The lowest BCUT2D eigenvalue weighted by Gasteiger charge is -2.38. The Labute approximate surface area is 218 Å². The van der Waals surface area contributed by atoms with Crippen LogP contribution in [0, 0.1) is 5.82 Å². The highest BCUT2D eigenvalue weighted by atomic mass is 79.9. The van der Waals surface area contributed by atoms with E-state index in [4.69, 9.17) is 0 Å². The number of anilines is 2. The average Bonchev–Trinajstić information content (AvgIpc) is 2.84. The van der Waals surface area contributed by atoms with E-state index in [-0.39, 0.29) is 17.3 Å². The highest BCUT2D eigenvalue weighted by Gasteiger charge is 2.36. The Morgan fingerprint density at radius 2 is 1.54 bits per heavy atom. The summed E-state index contributed by atoms with van der Waals surface area (Å²) in [6.07, 6.45) is -4.14. The zero-order valence-corrected chi connectivity index (χ0v) is 20.9. The van der Waals surface area contributed by atoms with Gasteiger partial charge in [-0.25, -0.2) is 9.18 Å². The monoisotopic (exact) mass is 579 g/mol. The molecule has 1 heterocycles. The summed E-state index contributed by atoms with van der Waals surface area (Å²) in [5, 5.41) is 16.2. The molecule has 0 atom stereocenters. The van der Waals surface area contributed by atoms with Gasteiger partial charge in [0.05, 0.1) is 11.2 Å². The molecule has 6 nitrogen and oxygen atoms in total. The molecule has 1 saturated heterocycles. The van der Waals surface area contributed by atoms with E-state index in [0.717, 1.165) is 16.1 Å². The van der Waals surface area contributed by atoms with Crippen molar-refractivity contribution in [1.29, 1.82) is 0 Å². The van der Waals surface area contributed by atoms with Gasteiger partial charge in [-0.05, 0) is 66.9 Å². The molecule has 37 heavy (non-hydrogen) atoms. The molecule has 0 aliphatic carbocycles. The number of aliphatic hydroxyl groups is 1. The summed E-state index contributed by atoms with van der Waals surface area (Å²) in [7, 11) is 0. The molecular weight excluding hydrogens is 558 g/mol. The highest BCUT2D eigenvalue weighted by Crippen LogP contribution is 2.34. The van der Waals surface area contributed by atoms with Crippen LogP contribution in [0.4, 0.5) is 33.7 Å². The van der Waals surface area contributed by atoms with Crippen LogP contribution in [0.15, 0.2) is 71.2 Å². The number of halogens is 5. The molecule has 1 aliphatic heterocycles. The van der Waals surface area contributed by atoms with Crippen LogP contribution in [-0.4, -0.2) is 35.0 Å². The van der Waals surface area contributed by atoms with E-state index in [1.54, 1.807) is 17.0 Å². The Morgan fingerprint density at radius 1 is 0.919 bits per heavy atom. The summed E-state index contributed by atoms with van der Waals surface area (Å²) in [6, 6.07) is 15.1. The average molecular weight is 580 g/mol. The minimum atomic E-state index is -4.86. The maximum Gasteiger partial charge on any atom is 0.419 e. The molecule has 0 saturated carbocycles. The van der Waals surface area contributed by atoms with E-state index in [9.17, 15) is 32.3 Å². The number of urea groups is 1. The minimum Gasteiger partial charge on any atom is -0.385 e. The molecule has 11 heteroatoms. The number of benzene rings is 3. The Bertz CT molecular complexity index is 1310. The second-order valence-electron chi connectivity index (χ2n) is 8.68. The lowest BCUT2D eigenvalue weighted by molar-refractivity contribution is -0.140. The molecule has 1 fully saturated rings. The van der Waals surface area contributed by atoms with E-state index >= 15 is 0 Å². The van der Waals surface area contributed by atoms with E-state index in [2.05, 4.69) is 26.6 Å². The highest BCUT2D eigenvalue weighted by molar-refractivity contribution is 9.10. The Kier molecular flexibility index (Phi) is 7.56. The van der Waals surface area contributed by atoms with Gasteiger partial charge in [-0.3, -0.25) is 4.79 Å². The minimum absolute atomic E-state index is 0.256.